The number of hydrogen-bond donors (Lipinski definition) is 0. The summed E-state index contributed by atoms with van der Waals surface area (Å²) in [4.78, 5) is 4.27. The molecule has 0 saturated carbocycles. The van der Waals surface area contributed by atoms with E-state index in [2.05, 4.69) is 24.0 Å². The molecule has 0 N–H and O–H groups in total. The molecular weight excluding hydrogens is 210 g/mol. The van der Waals surface area contributed by atoms with Gasteiger partial charge in [0.2, 0.25) is 0 Å². The van der Waals surface area contributed by atoms with Crippen molar-refractivity contribution >= 4 is 0 Å². The molecule has 2 rings (SSSR count). The summed E-state index contributed by atoms with van der Waals surface area (Å²) in [5.41, 5.74) is 3.38. The number of hydrogen-bond acceptors (Lipinski definition) is 2. The highest BCUT2D eigenvalue weighted by Crippen LogP contribution is 2.25. The largest absolute Gasteiger partial charge is 0.337 e. The zero-order valence-corrected chi connectivity index (χ0v) is 10.3. The van der Waals surface area contributed by atoms with Gasteiger partial charge < -0.3 is 4.57 Å². The third-order valence-electron chi connectivity index (χ3n) is 2.98. The van der Waals surface area contributed by atoms with Gasteiger partial charge in [-0.25, -0.2) is 4.98 Å². The molecular formula is C14H15N3. The van der Waals surface area contributed by atoms with E-state index in [0.29, 0.717) is 0 Å². The van der Waals surface area contributed by atoms with E-state index in [1.807, 2.05) is 36.9 Å². The number of aromatic nitrogens is 2. The van der Waals surface area contributed by atoms with Gasteiger partial charge in [-0.2, -0.15) is 5.26 Å². The van der Waals surface area contributed by atoms with Crippen LogP contribution in [-0.4, -0.2) is 9.55 Å². The number of aryl methyl sites for hydroxylation is 3. The molecule has 3 heteroatoms. The van der Waals surface area contributed by atoms with Crippen LogP contribution in [-0.2, 0) is 7.05 Å². The highest BCUT2D eigenvalue weighted by molar-refractivity contribution is 5.40. The van der Waals surface area contributed by atoms with Gasteiger partial charge >= 0.3 is 0 Å². The Morgan fingerprint density at radius 2 is 2.12 bits per heavy atom. The van der Waals surface area contributed by atoms with Crippen molar-refractivity contribution in [3.8, 4) is 6.07 Å². The maximum absolute atomic E-state index is 9.37. The molecule has 0 amide bonds. The first-order chi connectivity index (χ1) is 8.13. The Morgan fingerprint density at radius 1 is 1.35 bits per heavy atom. The van der Waals surface area contributed by atoms with Crippen molar-refractivity contribution in [2.24, 2.45) is 7.05 Å². The summed E-state index contributed by atoms with van der Waals surface area (Å²) >= 11 is 0. The van der Waals surface area contributed by atoms with E-state index >= 15 is 0 Å². The van der Waals surface area contributed by atoms with Gasteiger partial charge in [0.15, 0.2) is 0 Å². The fourth-order valence-electron chi connectivity index (χ4n) is 2.07. The van der Waals surface area contributed by atoms with E-state index < -0.39 is 0 Å². The second-order valence-corrected chi connectivity index (χ2v) is 4.32. The van der Waals surface area contributed by atoms with Gasteiger partial charge in [0.1, 0.15) is 11.7 Å². The first kappa shape index (κ1) is 11.4. The molecule has 1 atom stereocenters. The molecule has 17 heavy (non-hydrogen) atoms. The third-order valence-corrected chi connectivity index (χ3v) is 2.98. The Morgan fingerprint density at radius 3 is 2.65 bits per heavy atom. The van der Waals surface area contributed by atoms with Gasteiger partial charge in [-0.05, 0) is 25.0 Å². The van der Waals surface area contributed by atoms with Gasteiger partial charge in [-0.3, -0.25) is 0 Å². The molecule has 1 unspecified atom stereocenters. The summed E-state index contributed by atoms with van der Waals surface area (Å²) in [6.45, 7) is 4.09. The summed E-state index contributed by atoms with van der Waals surface area (Å²) < 4.78 is 1.90. The van der Waals surface area contributed by atoms with Crippen LogP contribution in [0.25, 0.3) is 0 Å². The van der Waals surface area contributed by atoms with E-state index in [1.165, 1.54) is 5.56 Å². The van der Waals surface area contributed by atoms with E-state index in [4.69, 9.17) is 0 Å². The van der Waals surface area contributed by atoms with E-state index in [0.717, 1.165) is 17.0 Å². The molecule has 0 spiro atoms. The third kappa shape index (κ3) is 2.07. The van der Waals surface area contributed by atoms with Crippen molar-refractivity contribution in [2.75, 3.05) is 0 Å². The highest BCUT2D eigenvalue weighted by Gasteiger charge is 2.19. The number of nitrogens with zero attached hydrogens (tertiary/aromatic N) is 3. The number of rotatable bonds is 2. The van der Waals surface area contributed by atoms with Gasteiger partial charge in [0.25, 0.3) is 0 Å². The highest BCUT2D eigenvalue weighted by atomic mass is 15.0. The molecule has 0 radical (unpaired) electrons. The molecule has 0 aliphatic heterocycles. The lowest BCUT2D eigenvalue weighted by molar-refractivity contribution is 0.780. The SMILES string of the molecule is Cc1ccc(C(C#N)c2nccn2C)c(C)c1. The van der Waals surface area contributed by atoms with Gasteiger partial charge in [-0.15, -0.1) is 0 Å². The van der Waals surface area contributed by atoms with Crippen LogP contribution in [0.1, 0.15) is 28.4 Å². The molecule has 0 saturated heterocycles. The van der Waals surface area contributed by atoms with Gasteiger partial charge in [0, 0.05) is 19.4 Å². The van der Waals surface area contributed by atoms with Crippen LogP contribution in [0.5, 0.6) is 0 Å². The van der Waals surface area contributed by atoms with Gasteiger partial charge in [0.05, 0.1) is 6.07 Å². The molecule has 1 aromatic carbocycles. The lowest BCUT2D eigenvalue weighted by atomic mass is 9.94. The molecule has 0 fully saturated rings. The number of imidazole rings is 1. The molecule has 3 nitrogen and oxygen atoms in total. The normalized spacial score (nSPS) is 12.1. The summed E-state index contributed by atoms with van der Waals surface area (Å²) in [5.74, 6) is 0.495. The topological polar surface area (TPSA) is 41.6 Å². The average molecular weight is 225 g/mol. The zero-order valence-electron chi connectivity index (χ0n) is 10.3. The maximum Gasteiger partial charge on any atom is 0.130 e. The average Bonchev–Trinajstić information content (AvgIpc) is 2.69. The minimum atomic E-state index is -0.296. The molecule has 86 valence electrons. The molecule has 1 heterocycles. The predicted molar refractivity (Wildman–Crippen MR) is 66.6 cm³/mol. The molecule has 0 aliphatic carbocycles. The van der Waals surface area contributed by atoms with Crippen molar-refractivity contribution in [3.05, 3.63) is 53.1 Å². The van der Waals surface area contributed by atoms with Crippen molar-refractivity contribution in [1.29, 1.82) is 5.26 Å². The molecule has 0 aliphatic rings. The van der Waals surface area contributed by atoms with Crippen LogP contribution in [0.4, 0.5) is 0 Å². The Bertz CT molecular complexity index is 575. The minimum absolute atomic E-state index is 0.296. The van der Waals surface area contributed by atoms with Crippen molar-refractivity contribution in [1.82, 2.24) is 9.55 Å². The Kier molecular flexibility index (Phi) is 2.97. The van der Waals surface area contributed by atoms with Crippen molar-refractivity contribution < 1.29 is 0 Å². The van der Waals surface area contributed by atoms with Crippen LogP contribution in [0.3, 0.4) is 0 Å². The van der Waals surface area contributed by atoms with E-state index in [1.54, 1.807) is 6.20 Å². The first-order valence-electron chi connectivity index (χ1n) is 5.57. The maximum atomic E-state index is 9.37. The summed E-state index contributed by atoms with van der Waals surface area (Å²) in [5, 5.41) is 9.37. The zero-order chi connectivity index (χ0) is 12.4. The molecule has 2 aromatic rings. The predicted octanol–water partition coefficient (Wildman–Crippen LogP) is 2.69. The monoisotopic (exact) mass is 225 g/mol. The van der Waals surface area contributed by atoms with Gasteiger partial charge in [-0.1, -0.05) is 23.8 Å². The van der Waals surface area contributed by atoms with Crippen LogP contribution >= 0.6 is 0 Å². The van der Waals surface area contributed by atoms with E-state index in [9.17, 15) is 5.26 Å². The Balaban J connectivity index is 2.51. The Labute approximate surface area is 101 Å². The number of nitriles is 1. The first-order valence-corrected chi connectivity index (χ1v) is 5.57. The number of benzene rings is 1. The fraction of sp³-hybridized carbons (Fsp3) is 0.286. The van der Waals surface area contributed by atoms with Crippen molar-refractivity contribution in [3.63, 3.8) is 0 Å². The minimum Gasteiger partial charge on any atom is -0.337 e. The summed E-state index contributed by atoms with van der Waals surface area (Å²) in [7, 11) is 1.91. The standard InChI is InChI=1S/C14H15N3/c1-10-4-5-12(11(2)8-10)13(9-15)14-16-6-7-17(14)3/h4-8,13H,1-3H3. The van der Waals surface area contributed by atoms with Crippen LogP contribution in [0.15, 0.2) is 30.6 Å². The molecule has 0 bridgehead atoms. The van der Waals surface area contributed by atoms with Crippen LogP contribution in [0.2, 0.25) is 0 Å². The summed E-state index contributed by atoms with van der Waals surface area (Å²) in [6.07, 6.45) is 3.59. The Hall–Kier alpha value is -2.08. The summed E-state index contributed by atoms with van der Waals surface area (Å²) in [6, 6.07) is 8.50. The lowest BCUT2D eigenvalue weighted by Crippen LogP contribution is -2.07. The van der Waals surface area contributed by atoms with E-state index in [-0.39, 0.29) is 5.92 Å². The lowest BCUT2D eigenvalue weighted by Gasteiger charge is -2.13. The fourth-order valence-corrected chi connectivity index (χ4v) is 2.07. The van der Waals surface area contributed by atoms with Crippen LogP contribution in [0, 0.1) is 25.2 Å². The smallest absolute Gasteiger partial charge is 0.130 e. The van der Waals surface area contributed by atoms with Crippen LogP contribution < -0.4 is 0 Å². The molecule has 1 aromatic heterocycles. The van der Waals surface area contributed by atoms with Crippen molar-refractivity contribution in [2.45, 2.75) is 19.8 Å². The second-order valence-electron chi connectivity index (χ2n) is 4.32. The second kappa shape index (κ2) is 4.42. The quantitative estimate of drug-likeness (QED) is 0.788.